The number of rotatable bonds is 6. The van der Waals surface area contributed by atoms with Crippen molar-refractivity contribution in [2.24, 2.45) is 0 Å². The molecule has 6 nitrogen and oxygen atoms in total. The fourth-order valence-electron chi connectivity index (χ4n) is 2.49. The average molecular weight is 342 g/mol. The van der Waals surface area contributed by atoms with Crippen LogP contribution in [0.4, 0.5) is 0 Å². The number of aromatic nitrogens is 3. The Bertz CT molecular complexity index is 814. The number of aromatic amines is 1. The Balaban J connectivity index is 1.92. The molecule has 0 atom stereocenters. The number of aryl methyl sites for hydroxylation is 1. The minimum Gasteiger partial charge on any atom is -0.395 e. The highest BCUT2D eigenvalue weighted by atomic mass is 32.1. The first-order chi connectivity index (χ1) is 11.7. The molecule has 1 aromatic carbocycles. The second kappa shape index (κ2) is 7.37. The molecule has 0 saturated heterocycles. The number of hydrogen-bond acceptors (Lipinski definition) is 5. The maximum Gasteiger partial charge on any atom is 0.255 e. The van der Waals surface area contributed by atoms with Crippen LogP contribution in [0.5, 0.6) is 0 Å². The molecule has 0 spiro atoms. The Morgan fingerprint density at radius 2 is 2.17 bits per heavy atom. The Kier molecular flexibility index (Phi) is 5.02. The lowest BCUT2D eigenvalue weighted by atomic mass is 10.1. The van der Waals surface area contributed by atoms with Gasteiger partial charge in [0.2, 0.25) is 0 Å². The third kappa shape index (κ3) is 3.37. The van der Waals surface area contributed by atoms with Gasteiger partial charge in [0.1, 0.15) is 6.33 Å². The van der Waals surface area contributed by atoms with Crippen LogP contribution in [0.1, 0.15) is 20.8 Å². The minimum atomic E-state index is -0.135. The van der Waals surface area contributed by atoms with Gasteiger partial charge in [-0.2, -0.15) is 5.10 Å². The van der Waals surface area contributed by atoms with Crippen molar-refractivity contribution in [3.8, 4) is 11.4 Å². The molecule has 2 heterocycles. The lowest BCUT2D eigenvalue weighted by molar-refractivity contribution is 0.0710. The van der Waals surface area contributed by atoms with Crippen molar-refractivity contribution in [1.82, 2.24) is 20.1 Å². The van der Waals surface area contributed by atoms with Crippen LogP contribution in [0.15, 0.2) is 42.0 Å². The third-order valence-electron chi connectivity index (χ3n) is 3.79. The summed E-state index contributed by atoms with van der Waals surface area (Å²) in [6.45, 7) is 2.70. The number of aliphatic hydroxyl groups is 1. The number of amides is 1. The maximum absolute atomic E-state index is 13.0. The zero-order valence-electron chi connectivity index (χ0n) is 13.3. The van der Waals surface area contributed by atoms with Gasteiger partial charge in [0, 0.05) is 17.0 Å². The van der Waals surface area contributed by atoms with Crippen LogP contribution < -0.4 is 0 Å². The molecule has 7 heteroatoms. The van der Waals surface area contributed by atoms with Crippen molar-refractivity contribution in [1.29, 1.82) is 0 Å². The second-order valence-corrected chi connectivity index (χ2v) is 6.36. The number of hydrogen-bond donors (Lipinski definition) is 2. The molecule has 2 N–H and O–H groups in total. The van der Waals surface area contributed by atoms with Gasteiger partial charge >= 0.3 is 0 Å². The van der Waals surface area contributed by atoms with E-state index in [2.05, 4.69) is 15.2 Å². The molecular formula is C17H18N4O2S. The zero-order valence-corrected chi connectivity index (χ0v) is 14.1. The standard InChI is InChI=1S/C17H18N4O2S/c1-12-6-9-24-15(12)10-21(7-8-22)17(23)14-5-3-2-4-13(14)16-18-11-19-20-16/h2-6,9,11,22H,7-8,10H2,1H3,(H,18,19,20). The van der Waals surface area contributed by atoms with Crippen LogP contribution in [0.3, 0.4) is 0 Å². The molecule has 2 aromatic heterocycles. The second-order valence-electron chi connectivity index (χ2n) is 5.36. The minimum absolute atomic E-state index is 0.0827. The Labute approximate surface area is 143 Å². The average Bonchev–Trinajstić information content (AvgIpc) is 3.26. The third-order valence-corrected chi connectivity index (χ3v) is 4.80. The Morgan fingerprint density at radius 3 is 2.83 bits per heavy atom. The van der Waals surface area contributed by atoms with E-state index in [-0.39, 0.29) is 19.1 Å². The Morgan fingerprint density at radius 1 is 1.33 bits per heavy atom. The van der Waals surface area contributed by atoms with E-state index in [9.17, 15) is 9.90 Å². The SMILES string of the molecule is Cc1ccsc1CN(CCO)C(=O)c1ccccc1-c1ncn[nH]1. The Hall–Kier alpha value is -2.51. The lowest BCUT2D eigenvalue weighted by Crippen LogP contribution is -2.33. The summed E-state index contributed by atoms with van der Waals surface area (Å²) < 4.78 is 0. The van der Waals surface area contributed by atoms with Gasteiger partial charge in [-0.05, 0) is 30.0 Å². The number of aliphatic hydroxyl groups excluding tert-OH is 1. The summed E-state index contributed by atoms with van der Waals surface area (Å²) in [6.07, 6.45) is 1.41. The first kappa shape index (κ1) is 16.4. The molecule has 0 aliphatic heterocycles. The van der Waals surface area contributed by atoms with E-state index in [1.165, 1.54) is 6.33 Å². The van der Waals surface area contributed by atoms with Gasteiger partial charge in [0.25, 0.3) is 5.91 Å². The van der Waals surface area contributed by atoms with Crippen LogP contribution in [0.25, 0.3) is 11.4 Å². The maximum atomic E-state index is 13.0. The van der Waals surface area contributed by atoms with Crippen molar-refractivity contribution < 1.29 is 9.90 Å². The molecule has 3 aromatic rings. The number of H-pyrrole nitrogens is 1. The van der Waals surface area contributed by atoms with Crippen LogP contribution in [0.2, 0.25) is 0 Å². The van der Waals surface area contributed by atoms with Crippen molar-refractivity contribution >= 4 is 17.2 Å². The van der Waals surface area contributed by atoms with Crippen LogP contribution >= 0.6 is 11.3 Å². The van der Waals surface area contributed by atoms with E-state index < -0.39 is 0 Å². The molecule has 0 aliphatic carbocycles. The summed E-state index contributed by atoms with van der Waals surface area (Å²) in [5.74, 6) is 0.416. The van der Waals surface area contributed by atoms with E-state index in [0.29, 0.717) is 23.5 Å². The predicted molar refractivity (Wildman–Crippen MR) is 92.7 cm³/mol. The van der Waals surface area contributed by atoms with Gasteiger partial charge in [0.15, 0.2) is 5.82 Å². The van der Waals surface area contributed by atoms with Crippen LogP contribution in [-0.4, -0.2) is 44.2 Å². The molecule has 0 saturated carbocycles. The topological polar surface area (TPSA) is 82.1 Å². The van der Waals surface area contributed by atoms with E-state index in [1.807, 2.05) is 36.6 Å². The molecule has 0 radical (unpaired) electrons. The van der Waals surface area contributed by atoms with Gasteiger partial charge in [-0.3, -0.25) is 9.89 Å². The van der Waals surface area contributed by atoms with E-state index >= 15 is 0 Å². The van der Waals surface area contributed by atoms with E-state index in [1.54, 1.807) is 22.3 Å². The number of nitrogens with one attached hydrogen (secondary N) is 1. The van der Waals surface area contributed by atoms with Crippen molar-refractivity contribution in [2.75, 3.05) is 13.2 Å². The monoisotopic (exact) mass is 342 g/mol. The molecule has 0 bridgehead atoms. The quantitative estimate of drug-likeness (QED) is 0.721. The normalized spacial score (nSPS) is 10.8. The van der Waals surface area contributed by atoms with Gasteiger partial charge in [-0.15, -0.1) is 11.3 Å². The number of nitrogens with zero attached hydrogens (tertiary/aromatic N) is 3. The van der Waals surface area contributed by atoms with Gasteiger partial charge < -0.3 is 10.0 Å². The smallest absolute Gasteiger partial charge is 0.255 e. The predicted octanol–water partition coefficient (Wildman–Crippen LogP) is 2.48. The molecule has 0 aliphatic rings. The summed E-state index contributed by atoms with van der Waals surface area (Å²) in [7, 11) is 0. The highest BCUT2D eigenvalue weighted by Crippen LogP contribution is 2.23. The van der Waals surface area contributed by atoms with Crippen molar-refractivity contribution in [2.45, 2.75) is 13.5 Å². The molecule has 124 valence electrons. The van der Waals surface area contributed by atoms with Crippen molar-refractivity contribution in [3.63, 3.8) is 0 Å². The summed E-state index contributed by atoms with van der Waals surface area (Å²) in [5.41, 5.74) is 2.39. The molecule has 0 fully saturated rings. The number of carbonyl (C=O) groups excluding carboxylic acids is 1. The summed E-state index contributed by atoms with van der Waals surface area (Å²) >= 11 is 1.61. The largest absolute Gasteiger partial charge is 0.395 e. The summed E-state index contributed by atoms with van der Waals surface area (Å²) in [4.78, 5) is 20.0. The van der Waals surface area contributed by atoms with Crippen LogP contribution in [-0.2, 0) is 6.54 Å². The van der Waals surface area contributed by atoms with Gasteiger partial charge in [0.05, 0.1) is 18.7 Å². The van der Waals surface area contributed by atoms with Gasteiger partial charge in [-0.1, -0.05) is 18.2 Å². The number of benzene rings is 1. The first-order valence-electron chi connectivity index (χ1n) is 7.58. The van der Waals surface area contributed by atoms with E-state index in [4.69, 9.17) is 0 Å². The summed E-state index contributed by atoms with van der Waals surface area (Å²) in [6, 6.07) is 9.31. The van der Waals surface area contributed by atoms with Crippen LogP contribution in [0, 0.1) is 6.92 Å². The molecular weight excluding hydrogens is 324 g/mol. The fourth-order valence-corrected chi connectivity index (χ4v) is 3.41. The number of carbonyl (C=O) groups is 1. The molecule has 3 rings (SSSR count). The highest BCUT2D eigenvalue weighted by molar-refractivity contribution is 7.10. The fraction of sp³-hybridized carbons (Fsp3) is 0.235. The number of thiophene rings is 1. The van der Waals surface area contributed by atoms with E-state index in [0.717, 1.165) is 10.4 Å². The molecule has 0 unspecified atom stereocenters. The molecule has 1 amide bonds. The highest BCUT2D eigenvalue weighted by Gasteiger charge is 2.21. The van der Waals surface area contributed by atoms with Crippen molar-refractivity contribution in [3.05, 3.63) is 58.0 Å². The lowest BCUT2D eigenvalue weighted by Gasteiger charge is -2.22. The van der Waals surface area contributed by atoms with Gasteiger partial charge in [-0.25, -0.2) is 4.98 Å². The zero-order chi connectivity index (χ0) is 16.9. The molecule has 24 heavy (non-hydrogen) atoms. The summed E-state index contributed by atoms with van der Waals surface area (Å²) in [5, 5.41) is 18.0. The first-order valence-corrected chi connectivity index (χ1v) is 8.46.